The van der Waals surface area contributed by atoms with Gasteiger partial charge in [0, 0.05) is 18.8 Å². The zero-order chi connectivity index (χ0) is 11.4. The summed E-state index contributed by atoms with van der Waals surface area (Å²) in [4.78, 5) is 14.4. The summed E-state index contributed by atoms with van der Waals surface area (Å²) in [6.07, 6.45) is 2.04. The first kappa shape index (κ1) is 12.4. The smallest absolute Gasteiger partial charge is 0.266 e. The Labute approximate surface area is 98.6 Å². The Morgan fingerprint density at radius 3 is 2.87 bits per heavy atom. The largest absolute Gasteiger partial charge is 0.397 e. The molecule has 1 unspecified atom stereocenters. The van der Waals surface area contributed by atoms with Gasteiger partial charge in [-0.3, -0.25) is 4.79 Å². The van der Waals surface area contributed by atoms with E-state index in [9.17, 15) is 4.79 Å². The van der Waals surface area contributed by atoms with Gasteiger partial charge in [0.15, 0.2) is 0 Å². The van der Waals surface area contributed by atoms with E-state index in [-0.39, 0.29) is 11.9 Å². The Morgan fingerprint density at radius 2 is 2.40 bits per heavy atom. The molecule has 0 fully saturated rings. The Kier molecular flexibility index (Phi) is 4.47. The van der Waals surface area contributed by atoms with Gasteiger partial charge < -0.3 is 10.6 Å². The Morgan fingerprint density at radius 1 is 1.73 bits per heavy atom. The number of nitrogen functional groups attached to an aromatic ring is 1. The molecule has 2 N–H and O–H groups in total. The Bertz CT molecular complexity index is 338. The van der Waals surface area contributed by atoms with Crippen molar-refractivity contribution in [2.24, 2.45) is 0 Å². The third-order valence-corrected chi connectivity index (χ3v) is 4.01. The van der Waals surface area contributed by atoms with Crippen molar-refractivity contribution in [1.82, 2.24) is 4.90 Å². The third kappa shape index (κ3) is 2.89. The van der Waals surface area contributed by atoms with Gasteiger partial charge in [0.25, 0.3) is 5.91 Å². The summed E-state index contributed by atoms with van der Waals surface area (Å²) in [7, 11) is 1.82. The van der Waals surface area contributed by atoms with Crippen molar-refractivity contribution in [3.63, 3.8) is 0 Å². The van der Waals surface area contributed by atoms with Crippen molar-refractivity contribution in [1.29, 1.82) is 0 Å². The number of carbonyl (C=O) groups is 1. The monoisotopic (exact) mass is 244 g/mol. The molecule has 1 aromatic rings. The van der Waals surface area contributed by atoms with Crippen LogP contribution in [0.1, 0.15) is 16.6 Å². The number of amides is 1. The average Bonchev–Trinajstić information content (AvgIpc) is 2.62. The van der Waals surface area contributed by atoms with Crippen molar-refractivity contribution in [3.05, 3.63) is 16.3 Å². The minimum atomic E-state index is 0.0176. The van der Waals surface area contributed by atoms with Gasteiger partial charge in [-0.15, -0.1) is 11.3 Å². The van der Waals surface area contributed by atoms with Gasteiger partial charge in [-0.2, -0.15) is 11.8 Å². The fourth-order valence-corrected chi connectivity index (χ4v) is 2.71. The molecular formula is C10H16N2OS2. The molecule has 0 aliphatic heterocycles. The van der Waals surface area contributed by atoms with E-state index in [2.05, 4.69) is 0 Å². The zero-order valence-corrected chi connectivity index (χ0v) is 10.8. The highest BCUT2D eigenvalue weighted by atomic mass is 32.2. The SMILES string of the molecule is CSCC(C)N(C)C(=O)c1sccc1N. The minimum Gasteiger partial charge on any atom is -0.397 e. The second kappa shape index (κ2) is 5.42. The van der Waals surface area contributed by atoms with Crippen molar-refractivity contribution < 1.29 is 4.79 Å². The van der Waals surface area contributed by atoms with Gasteiger partial charge in [-0.05, 0) is 24.6 Å². The number of rotatable bonds is 4. The van der Waals surface area contributed by atoms with Gasteiger partial charge in [-0.25, -0.2) is 0 Å². The molecule has 84 valence electrons. The fourth-order valence-electron chi connectivity index (χ4n) is 1.21. The standard InChI is InChI=1S/C10H16N2OS2/c1-7(6-14-3)12(2)10(13)9-8(11)4-5-15-9/h4-5,7H,6,11H2,1-3H3. The van der Waals surface area contributed by atoms with Crippen LogP contribution < -0.4 is 5.73 Å². The van der Waals surface area contributed by atoms with Gasteiger partial charge >= 0.3 is 0 Å². The van der Waals surface area contributed by atoms with Crippen molar-refractivity contribution in [3.8, 4) is 0 Å². The average molecular weight is 244 g/mol. The molecule has 0 aromatic carbocycles. The molecule has 1 aromatic heterocycles. The molecule has 0 radical (unpaired) electrons. The van der Waals surface area contributed by atoms with Gasteiger partial charge in [0.1, 0.15) is 4.88 Å². The lowest BCUT2D eigenvalue weighted by molar-refractivity contribution is 0.0763. The van der Waals surface area contributed by atoms with Crippen LogP contribution in [0.5, 0.6) is 0 Å². The highest BCUT2D eigenvalue weighted by Gasteiger charge is 2.19. The Balaban J connectivity index is 2.73. The van der Waals surface area contributed by atoms with E-state index >= 15 is 0 Å². The summed E-state index contributed by atoms with van der Waals surface area (Å²) in [5.41, 5.74) is 6.29. The van der Waals surface area contributed by atoms with Crippen molar-refractivity contribution in [2.45, 2.75) is 13.0 Å². The van der Waals surface area contributed by atoms with Crippen LogP contribution in [-0.2, 0) is 0 Å². The maximum atomic E-state index is 12.0. The summed E-state index contributed by atoms with van der Waals surface area (Å²) in [6, 6.07) is 2.00. The van der Waals surface area contributed by atoms with E-state index in [1.165, 1.54) is 11.3 Å². The predicted octanol–water partition coefficient (Wildman–Crippen LogP) is 2.15. The van der Waals surface area contributed by atoms with Gasteiger partial charge in [-0.1, -0.05) is 0 Å². The van der Waals surface area contributed by atoms with Crippen LogP contribution in [0.2, 0.25) is 0 Å². The molecule has 5 heteroatoms. The quantitative estimate of drug-likeness (QED) is 0.883. The first-order valence-electron chi connectivity index (χ1n) is 4.67. The molecule has 1 amide bonds. The fraction of sp³-hybridized carbons (Fsp3) is 0.500. The molecular weight excluding hydrogens is 228 g/mol. The molecule has 3 nitrogen and oxygen atoms in total. The summed E-state index contributed by atoms with van der Waals surface area (Å²) in [6.45, 7) is 2.04. The van der Waals surface area contributed by atoms with Crippen LogP contribution in [0, 0.1) is 0 Å². The number of anilines is 1. The highest BCUT2D eigenvalue weighted by molar-refractivity contribution is 7.98. The molecule has 1 atom stereocenters. The predicted molar refractivity (Wildman–Crippen MR) is 68.7 cm³/mol. The van der Waals surface area contributed by atoms with Crippen LogP contribution >= 0.6 is 23.1 Å². The maximum Gasteiger partial charge on any atom is 0.266 e. The normalized spacial score (nSPS) is 12.5. The molecule has 15 heavy (non-hydrogen) atoms. The summed E-state index contributed by atoms with van der Waals surface area (Å²) < 4.78 is 0. The number of nitrogens with two attached hydrogens (primary N) is 1. The first-order valence-corrected chi connectivity index (χ1v) is 6.94. The van der Waals surface area contributed by atoms with E-state index in [1.807, 2.05) is 25.6 Å². The van der Waals surface area contributed by atoms with E-state index in [0.717, 1.165) is 5.75 Å². The van der Waals surface area contributed by atoms with Crippen molar-refractivity contribution >= 4 is 34.7 Å². The lowest BCUT2D eigenvalue weighted by atomic mass is 10.3. The molecule has 0 aliphatic rings. The number of thiophene rings is 1. The lowest BCUT2D eigenvalue weighted by Gasteiger charge is -2.23. The number of hydrogen-bond acceptors (Lipinski definition) is 4. The Hall–Kier alpha value is -0.680. The van der Waals surface area contributed by atoms with Crippen LogP contribution in [0.25, 0.3) is 0 Å². The van der Waals surface area contributed by atoms with E-state index in [1.54, 1.807) is 22.7 Å². The second-order valence-electron chi connectivity index (χ2n) is 3.43. The molecule has 0 spiro atoms. The number of thioether (sulfide) groups is 1. The molecule has 0 saturated heterocycles. The molecule has 0 saturated carbocycles. The summed E-state index contributed by atoms with van der Waals surface area (Å²) in [5.74, 6) is 0.956. The lowest BCUT2D eigenvalue weighted by Crippen LogP contribution is -2.36. The molecule has 1 rings (SSSR count). The third-order valence-electron chi connectivity index (χ3n) is 2.28. The highest BCUT2D eigenvalue weighted by Crippen LogP contribution is 2.21. The summed E-state index contributed by atoms with van der Waals surface area (Å²) in [5, 5.41) is 1.84. The van der Waals surface area contributed by atoms with E-state index < -0.39 is 0 Å². The first-order chi connectivity index (χ1) is 7.07. The van der Waals surface area contributed by atoms with Crippen LogP contribution in [0.3, 0.4) is 0 Å². The van der Waals surface area contributed by atoms with Crippen molar-refractivity contribution in [2.75, 3.05) is 24.8 Å². The van der Waals surface area contributed by atoms with Crippen LogP contribution in [0.4, 0.5) is 5.69 Å². The number of nitrogens with zero attached hydrogens (tertiary/aromatic N) is 1. The van der Waals surface area contributed by atoms with E-state index in [4.69, 9.17) is 5.73 Å². The molecule has 0 aliphatic carbocycles. The van der Waals surface area contributed by atoms with Crippen LogP contribution in [-0.4, -0.2) is 35.9 Å². The topological polar surface area (TPSA) is 46.3 Å². The number of carbonyl (C=O) groups excluding carboxylic acids is 1. The minimum absolute atomic E-state index is 0.0176. The van der Waals surface area contributed by atoms with Gasteiger partial charge in [0.05, 0.1) is 5.69 Å². The van der Waals surface area contributed by atoms with E-state index in [0.29, 0.717) is 10.6 Å². The van der Waals surface area contributed by atoms with Gasteiger partial charge in [0.2, 0.25) is 0 Å². The summed E-state index contributed by atoms with van der Waals surface area (Å²) >= 11 is 3.13. The molecule has 1 heterocycles. The number of hydrogen-bond donors (Lipinski definition) is 1. The maximum absolute atomic E-state index is 12.0. The second-order valence-corrected chi connectivity index (χ2v) is 5.25. The zero-order valence-electron chi connectivity index (χ0n) is 9.19. The van der Waals surface area contributed by atoms with Crippen LogP contribution in [0.15, 0.2) is 11.4 Å². The molecule has 0 bridgehead atoms.